The van der Waals surface area contributed by atoms with Gasteiger partial charge in [-0.2, -0.15) is 0 Å². The van der Waals surface area contributed by atoms with Crippen molar-refractivity contribution >= 4 is 11.7 Å². The van der Waals surface area contributed by atoms with E-state index in [1.165, 1.54) is 6.20 Å². The number of rotatable bonds is 7. The molecule has 0 saturated heterocycles. The number of hydrogen-bond acceptors (Lipinski definition) is 5. The molecule has 0 spiro atoms. The standard InChI is InChI=1S/C14H22N4O3/c1-10(2)9-18(6-7-21-3)14(19)12-5-4-11(8-16-12)13(15)17-20/h4-5,8,10,20H,6-7,9H2,1-3H3,(H2,15,17). The number of ether oxygens (including phenoxy) is 1. The third-order valence-electron chi connectivity index (χ3n) is 2.82. The van der Waals surface area contributed by atoms with Crippen LogP contribution >= 0.6 is 0 Å². The molecule has 0 fully saturated rings. The van der Waals surface area contributed by atoms with Gasteiger partial charge < -0.3 is 20.6 Å². The molecule has 0 aromatic carbocycles. The fraction of sp³-hybridized carbons (Fsp3) is 0.500. The van der Waals surface area contributed by atoms with Crippen LogP contribution in [0.1, 0.15) is 29.9 Å². The van der Waals surface area contributed by atoms with Crippen molar-refractivity contribution < 1.29 is 14.7 Å². The Kier molecular flexibility index (Phi) is 6.61. The van der Waals surface area contributed by atoms with Crippen LogP contribution in [-0.2, 0) is 4.74 Å². The highest BCUT2D eigenvalue weighted by Gasteiger charge is 2.18. The monoisotopic (exact) mass is 294 g/mol. The highest BCUT2D eigenvalue weighted by molar-refractivity contribution is 5.98. The Morgan fingerprint density at radius 2 is 2.24 bits per heavy atom. The molecule has 3 N–H and O–H groups in total. The smallest absolute Gasteiger partial charge is 0.272 e. The number of carbonyl (C=O) groups is 1. The number of hydrogen-bond donors (Lipinski definition) is 2. The van der Waals surface area contributed by atoms with E-state index in [2.05, 4.69) is 10.1 Å². The first-order chi connectivity index (χ1) is 9.99. The van der Waals surface area contributed by atoms with E-state index < -0.39 is 0 Å². The number of aromatic nitrogens is 1. The zero-order valence-electron chi connectivity index (χ0n) is 12.6. The molecule has 1 heterocycles. The van der Waals surface area contributed by atoms with Crippen LogP contribution in [0.15, 0.2) is 23.5 Å². The van der Waals surface area contributed by atoms with Crippen molar-refractivity contribution in [2.24, 2.45) is 16.8 Å². The van der Waals surface area contributed by atoms with Crippen LogP contribution in [0.25, 0.3) is 0 Å². The van der Waals surface area contributed by atoms with Crippen molar-refractivity contribution in [3.63, 3.8) is 0 Å². The molecule has 21 heavy (non-hydrogen) atoms. The van der Waals surface area contributed by atoms with Crippen molar-refractivity contribution in [3.05, 3.63) is 29.6 Å². The van der Waals surface area contributed by atoms with Crippen molar-refractivity contribution in [2.45, 2.75) is 13.8 Å². The van der Waals surface area contributed by atoms with Crippen LogP contribution in [0.3, 0.4) is 0 Å². The van der Waals surface area contributed by atoms with Crippen LogP contribution in [0.4, 0.5) is 0 Å². The van der Waals surface area contributed by atoms with Crippen LogP contribution in [0.2, 0.25) is 0 Å². The van der Waals surface area contributed by atoms with Gasteiger partial charge in [0.15, 0.2) is 5.84 Å². The average Bonchev–Trinajstić information content (AvgIpc) is 2.49. The lowest BCUT2D eigenvalue weighted by molar-refractivity contribution is 0.0666. The molecule has 116 valence electrons. The molecule has 0 saturated carbocycles. The summed E-state index contributed by atoms with van der Waals surface area (Å²) in [4.78, 5) is 18.2. The Hall–Kier alpha value is -2.15. The lowest BCUT2D eigenvalue weighted by Crippen LogP contribution is -2.37. The molecule has 7 nitrogen and oxygen atoms in total. The van der Waals surface area contributed by atoms with Gasteiger partial charge in [0.2, 0.25) is 0 Å². The number of amides is 1. The predicted molar refractivity (Wildman–Crippen MR) is 79.4 cm³/mol. The van der Waals surface area contributed by atoms with Crippen LogP contribution in [-0.4, -0.2) is 53.6 Å². The Bertz CT molecular complexity index is 485. The summed E-state index contributed by atoms with van der Waals surface area (Å²) in [7, 11) is 1.60. The van der Waals surface area contributed by atoms with Crippen molar-refractivity contribution in [1.82, 2.24) is 9.88 Å². The predicted octanol–water partition coefficient (Wildman–Crippen LogP) is 0.921. The van der Waals surface area contributed by atoms with E-state index in [-0.39, 0.29) is 11.7 Å². The van der Waals surface area contributed by atoms with Crippen molar-refractivity contribution in [1.29, 1.82) is 0 Å². The van der Waals surface area contributed by atoms with Crippen LogP contribution < -0.4 is 5.73 Å². The number of nitrogens with two attached hydrogens (primary N) is 1. The Morgan fingerprint density at radius 3 is 2.71 bits per heavy atom. The van der Waals surface area contributed by atoms with Gasteiger partial charge in [0.25, 0.3) is 5.91 Å². The van der Waals surface area contributed by atoms with E-state index >= 15 is 0 Å². The first-order valence-corrected chi connectivity index (χ1v) is 6.71. The summed E-state index contributed by atoms with van der Waals surface area (Å²) in [6.07, 6.45) is 1.41. The highest BCUT2D eigenvalue weighted by atomic mass is 16.5. The summed E-state index contributed by atoms with van der Waals surface area (Å²) in [6.45, 7) is 5.70. The molecule has 0 aliphatic heterocycles. The first-order valence-electron chi connectivity index (χ1n) is 6.71. The molecule has 0 atom stereocenters. The number of methoxy groups -OCH3 is 1. The van der Waals surface area contributed by atoms with E-state index in [4.69, 9.17) is 15.7 Å². The van der Waals surface area contributed by atoms with Gasteiger partial charge in [-0.15, -0.1) is 0 Å². The van der Waals surface area contributed by atoms with E-state index in [1.807, 2.05) is 13.8 Å². The Morgan fingerprint density at radius 1 is 1.52 bits per heavy atom. The molecule has 0 aliphatic rings. The average molecular weight is 294 g/mol. The number of pyridine rings is 1. The van der Waals surface area contributed by atoms with Gasteiger partial charge in [-0.3, -0.25) is 9.78 Å². The molecule has 0 aliphatic carbocycles. The Balaban J connectivity index is 2.87. The van der Waals surface area contributed by atoms with Crippen molar-refractivity contribution in [2.75, 3.05) is 26.8 Å². The second-order valence-electron chi connectivity index (χ2n) is 5.06. The lowest BCUT2D eigenvalue weighted by atomic mass is 10.2. The van der Waals surface area contributed by atoms with E-state index in [0.717, 1.165) is 0 Å². The molecular formula is C14H22N4O3. The van der Waals surface area contributed by atoms with Gasteiger partial charge in [-0.1, -0.05) is 19.0 Å². The lowest BCUT2D eigenvalue weighted by Gasteiger charge is -2.24. The first kappa shape index (κ1) is 16.9. The third-order valence-corrected chi connectivity index (χ3v) is 2.82. The fourth-order valence-corrected chi connectivity index (χ4v) is 1.81. The second-order valence-corrected chi connectivity index (χ2v) is 5.06. The topological polar surface area (TPSA) is 101 Å². The number of carbonyl (C=O) groups excluding carboxylic acids is 1. The van der Waals surface area contributed by atoms with Crippen LogP contribution in [0.5, 0.6) is 0 Å². The highest BCUT2D eigenvalue weighted by Crippen LogP contribution is 2.07. The third kappa shape index (κ3) is 5.03. The number of oxime groups is 1. The van der Waals surface area contributed by atoms with Crippen LogP contribution in [0, 0.1) is 5.92 Å². The number of nitrogens with zero attached hydrogens (tertiary/aromatic N) is 3. The van der Waals surface area contributed by atoms with Gasteiger partial charge in [0, 0.05) is 32.0 Å². The summed E-state index contributed by atoms with van der Waals surface area (Å²) < 4.78 is 5.03. The zero-order valence-corrected chi connectivity index (χ0v) is 12.6. The SMILES string of the molecule is COCCN(CC(C)C)C(=O)c1ccc(C(N)=NO)cn1. The van der Waals surface area contributed by atoms with Gasteiger partial charge in [-0.05, 0) is 18.1 Å². The molecule has 1 aromatic heterocycles. The summed E-state index contributed by atoms with van der Waals surface area (Å²) >= 11 is 0. The van der Waals surface area contributed by atoms with Gasteiger partial charge in [-0.25, -0.2) is 0 Å². The molecule has 1 rings (SSSR count). The largest absolute Gasteiger partial charge is 0.409 e. The fourth-order valence-electron chi connectivity index (χ4n) is 1.81. The van der Waals surface area contributed by atoms with Gasteiger partial charge in [0.05, 0.1) is 6.61 Å². The van der Waals surface area contributed by atoms with Gasteiger partial charge >= 0.3 is 0 Å². The maximum atomic E-state index is 12.4. The number of amidine groups is 1. The summed E-state index contributed by atoms with van der Waals surface area (Å²) in [6, 6.07) is 3.16. The summed E-state index contributed by atoms with van der Waals surface area (Å²) in [5.74, 6) is 0.147. The second kappa shape index (κ2) is 8.21. The minimum atomic E-state index is -0.160. The van der Waals surface area contributed by atoms with Gasteiger partial charge in [0.1, 0.15) is 5.69 Å². The molecule has 0 unspecified atom stereocenters. The molecular weight excluding hydrogens is 272 g/mol. The molecule has 0 radical (unpaired) electrons. The molecule has 0 bridgehead atoms. The minimum Gasteiger partial charge on any atom is -0.409 e. The van der Waals surface area contributed by atoms with E-state index in [1.54, 1.807) is 24.1 Å². The zero-order chi connectivity index (χ0) is 15.8. The minimum absolute atomic E-state index is 0.0417. The quantitative estimate of drug-likeness (QED) is 0.337. The summed E-state index contributed by atoms with van der Waals surface area (Å²) in [5.41, 5.74) is 6.24. The molecule has 1 amide bonds. The maximum Gasteiger partial charge on any atom is 0.272 e. The molecule has 1 aromatic rings. The normalized spacial score (nSPS) is 11.7. The Labute approximate surface area is 124 Å². The summed E-state index contributed by atoms with van der Waals surface area (Å²) in [5, 5.41) is 11.5. The maximum absolute atomic E-state index is 12.4. The molecule has 7 heteroatoms. The van der Waals surface area contributed by atoms with E-state index in [9.17, 15) is 4.79 Å². The van der Waals surface area contributed by atoms with E-state index in [0.29, 0.717) is 36.9 Å². The van der Waals surface area contributed by atoms with Crippen molar-refractivity contribution in [3.8, 4) is 0 Å².